The van der Waals surface area contributed by atoms with Crippen LogP contribution in [0.3, 0.4) is 0 Å². The minimum absolute atomic E-state index is 0.212. The normalized spacial score (nSPS) is 11.0. The molecule has 2 aromatic carbocycles. The fraction of sp³-hybridized carbons (Fsp3) is 0.0526. The van der Waals surface area contributed by atoms with Crippen LogP contribution in [0.5, 0.6) is 0 Å². The topological polar surface area (TPSA) is 54.6 Å². The molecule has 7 heteroatoms. The van der Waals surface area contributed by atoms with Crippen molar-refractivity contribution in [2.75, 3.05) is 0 Å². The van der Waals surface area contributed by atoms with Crippen LogP contribution in [0.2, 0.25) is 10.0 Å². The Kier molecular flexibility index (Phi) is 6.14. The van der Waals surface area contributed by atoms with Crippen LogP contribution in [0, 0.1) is 0 Å². The fourth-order valence-corrected chi connectivity index (χ4v) is 3.02. The van der Waals surface area contributed by atoms with Crippen molar-refractivity contribution in [2.24, 2.45) is 5.10 Å². The van der Waals surface area contributed by atoms with Gasteiger partial charge < -0.3 is 4.42 Å². The number of halogens is 3. The second-order valence-electron chi connectivity index (χ2n) is 5.42. The summed E-state index contributed by atoms with van der Waals surface area (Å²) in [4.78, 5) is 11.9. The molecule has 0 aliphatic carbocycles. The van der Waals surface area contributed by atoms with Crippen molar-refractivity contribution < 1.29 is 9.21 Å². The minimum Gasteiger partial charge on any atom is -0.455 e. The summed E-state index contributed by atoms with van der Waals surface area (Å²) >= 11 is 15.4. The maximum absolute atomic E-state index is 11.9. The summed E-state index contributed by atoms with van der Waals surface area (Å²) in [6.45, 7) is 0. The van der Waals surface area contributed by atoms with E-state index in [1.165, 1.54) is 6.21 Å². The van der Waals surface area contributed by atoms with Gasteiger partial charge in [-0.25, -0.2) is 5.43 Å². The van der Waals surface area contributed by atoms with Crippen molar-refractivity contribution in [1.82, 2.24) is 5.43 Å². The van der Waals surface area contributed by atoms with Crippen LogP contribution in [-0.2, 0) is 11.2 Å². The van der Waals surface area contributed by atoms with Gasteiger partial charge in [-0.1, -0.05) is 51.3 Å². The van der Waals surface area contributed by atoms with Crippen LogP contribution in [0.25, 0.3) is 11.3 Å². The van der Waals surface area contributed by atoms with Crippen molar-refractivity contribution in [3.05, 3.63) is 80.4 Å². The van der Waals surface area contributed by atoms with Gasteiger partial charge in [0.05, 0.1) is 17.7 Å². The predicted octanol–water partition coefficient (Wildman–Crippen LogP) is 5.71. The zero-order valence-electron chi connectivity index (χ0n) is 13.4. The Balaban J connectivity index is 1.60. The lowest BCUT2D eigenvalue weighted by Gasteiger charge is -2.01. The molecule has 1 N–H and O–H groups in total. The molecular weight excluding hydrogens is 439 g/mol. The quantitative estimate of drug-likeness (QED) is 0.399. The lowest BCUT2D eigenvalue weighted by Crippen LogP contribution is -2.19. The number of benzene rings is 2. The summed E-state index contributed by atoms with van der Waals surface area (Å²) in [5, 5.41) is 4.97. The van der Waals surface area contributed by atoms with Gasteiger partial charge in [0, 0.05) is 15.1 Å². The third-order valence-electron chi connectivity index (χ3n) is 3.48. The van der Waals surface area contributed by atoms with Crippen LogP contribution in [-0.4, -0.2) is 12.1 Å². The highest BCUT2D eigenvalue weighted by molar-refractivity contribution is 9.10. The van der Waals surface area contributed by atoms with E-state index in [1.807, 2.05) is 24.3 Å². The largest absolute Gasteiger partial charge is 0.455 e. The lowest BCUT2D eigenvalue weighted by atomic mass is 10.1. The summed E-state index contributed by atoms with van der Waals surface area (Å²) in [6, 6.07) is 16.2. The Hall–Kier alpha value is -2.08. The van der Waals surface area contributed by atoms with E-state index >= 15 is 0 Å². The van der Waals surface area contributed by atoms with Gasteiger partial charge in [0.25, 0.3) is 0 Å². The van der Waals surface area contributed by atoms with Crippen molar-refractivity contribution in [3.63, 3.8) is 0 Å². The highest BCUT2D eigenvalue weighted by Crippen LogP contribution is 2.31. The molecule has 1 amide bonds. The molecule has 3 aromatic rings. The average Bonchev–Trinajstić information content (AvgIpc) is 3.05. The third-order valence-corrected chi connectivity index (χ3v) is 4.56. The number of hydrogen-bond acceptors (Lipinski definition) is 3. The Morgan fingerprint density at radius 1 is 1.12 bits per heavy atom. The highest BCUT2D eigenvalue weighted by atomic mass is 79.9. The van der Waals surface area contributed by atoms with Gasteiger partial charge >= 0.3 is 0 Å². The molecule has 1 aromatic heterocycles. The van der Waals surface area contributed by atoms with Gasteiger partial charge in [0.2, 0.25) is 5.91 Å². The SMILES string of the molecule is O=C(Cc1ccc(Br)cc1)NN=Cc1ccc(-c2ccc(Cl)cc2Cl)o1. The standard InChI is InChI=1S/C19H13BrCl2N2O2/c20-13-3-1-12(2-4-13)9-19(25)24-23-11-15-6-8-18(26-15)16-7-5-14(21)10-17(16)22/h1-8,10-11H,9H2,(H,24,25). The molecule has 0 aliphatic heterocycles. The molecule has 132 valence electrons. The molecule has 0 saturated carbocycles. The molecule has 1 heterocycles. The molecule has 0 spiro atoms. The van der Waals surface area contributed by atoms with E-state index < -0.39 is 0 Å². The lowest BCUT2D eigenvalue weighted by molar-refractivity contribution is -0.120. The molecule has 0 unspecified atom stereocenters. The predicted molar refractivity (Wildman–Crippen MR) is 108 cm³/mol. The number of carbonyl (C=O) groups is 1. The molecule has 3 rings (SSSR count). The van der Waals surface area contributed by atoms with Gasteiger partial charge in [0.1, 0.15) is 11.5 Å². The zero-order chi connectivity index (χ0) is 18.5. The first-order valence-electron chi connectivity index (χ1n) is 7.63. The van der Waals surface area contributed by atoms with Gasteiger partial charge in [-0.15, -0.1) is 0 Å². The van der Waals surface area contributed by atoms with Crippen LogP contribution < -0.4 is 5.43 Å². The summed E-state index contributed by atoms with van der Waals surface area (Å²) in [5.74, 6) is 0.875. The van der Waals surface area contributed by atoms with Crippen molar-refractivity contribution in [3.8, 4) is 11.3 Å². The molecule has 0 saturated heterocycles. The molecular formula is C19H13BrCl2N2O2. The van der Waals surface area contributed by atoms with Gasteiger partial charge in [-0.3, -0.25) is 4.79 Å². The molecule has 0 radical (unpaired) electrons. The molecule has 26 heavy (non-hydrogen) atoms. The molecule has 4 nitrogen and oxygen atoms in total. The Labute approximate surface area is 168 Å². The van der Waals surface area contributed by atoms with E-state index in [9.17, 15) is 4.79 Å². The molecule has 0 aliphatic rings. The Bertz CT molecular complexity index is 952. The van der Waals surface area contributed by atoms with Crippen molar-refractivity contribution in [2.45, 2.75) is 6.42 Å². The van der Waals surface area contributed by atoms with E-state index in [2.05, 4.69) is 26.5 Å². The fourth-order valence-electron chi connectivity index (χ4n) is 2.25. The first-order chi connectivity index (χ1) is 12.5. The molecule has 0 atom stereocenters. The van der Waals surface area contributed by atoms with Crippen LogP contribution in [0.1, 0.15) is 11.3 Å². The van der Waals surface area contributed by atoms with Gasteiger partial charge in [0.15, 0.2) is 0 Å². The Morgan fingerprint density at radius 3 is 2.62 bits per heavy atom. The highest BCUT2D eigenvalue weighted by Gasteiger charge is 2.08. The van der Waals surface area contributed by atoms with Crippen molar-refractivity contribution in [1.29, 1.82) is 0 Å². The molecule has 0 fully saturated rings. The molecule has 0 bridgehead atoms. The third kappa shape index (κ3) is 4.97. The van der Waals surface area contributed by atoms with E-state index in [-0.39, 0.29) is 12.3 Å². The smallest absolute Gasteiger partial charge is 0.244 e. The van der Waals surface area contributed by atoms with Gasteiger partial charge in [-0.2, -0.15) is 5.10 Å². The average molecular weight is 452 g/mol. The second-order valence-corrected chi connectivity index (χ2v) is 7.18. The maximum Gasteiger partial charge on any atom is 0.244 e. The first kappa shape index (κ1) is 18.7. The number of amides is 1. The van der Waals surface area contributed by atoms with E-state index in [0.29, 0.717) is 21.6 Å². The number of carbonyl (C=O) groups excluding carboxylic acids is 1. The number of rotatable bonds is 5. The Morgan fingerprint density at radius 2 is 1.88 bits per heavy atom. The summed E-state index contributed by atoms with van der Waals surface area (Å²) in [7, 11) is 0. The van der Waals surface area contributed by atoms with E-state index in [0.717, 1.165) is 15.6 Å². The number of furan rings is 1. The summed E-state index contributed by atoms with van der Waals surface area (Å²) in [6.07, 6.45) is 1.68. The van der Waals surface area contributed by atoms with Crippen LogP contribution in [0.15, 0.2) is 68.6 Å². The number of hydrogen-bond donors (Lipinski definition) is 1. The van der Waals surface area contributed by atoms with E-state index in [4.69, 9.17) is 27.6 Å². The zero-order valence-corrected chi connectivity index (χ0v) is 16.5. The van der Waals surface area contributed by atoms with Crippen LogP contribution >= 0.6 is 39.1 Å². The number of nitrogens with zero attached hydrogens (tertiary/aromatic N) is 1. The van der Waals surface area contributed by atoms with Gasteiger partial charge in [-0.05, 0) is 48.0 Å². The summed E-state index contributed by atoms with van der Waals surface area (Å²) in [5.41, 5.74) is 4.11. The van der Waals surface area contributed by atoms with Crippen LogP contribution in [0.4, 0.5) is 0 Å². The minimum atomic E-state index is -0.212. The monoisotopic (exact) mass is 450 g/mol. The van der Waals surface area contributed by atoms with Crippen molar-refractivity contribution >= 4 is 51.3 Å². The summed E-state index contributed by atoms with van der Waals surface area (Å²) < 4.78 is 6.64. The maximum atomic E-state index is 11.9. The first-order valence-corrected chi connectivity index (χ1v) is 9.18. The second kappa shape index (κ2) is 8.54. The number of hydrazone groups is 1. The number of nitrogens with one attached hydrogen (secondary N) is 1. The van der Waals surface area contributed by atoms with E-state index in [1.54, 1.807) is 30.3 Å².